The number of likely N-dealkylation sites (tertiary alicyclic amines) is 1. The van der Waals surface area contributed by atoms with Gasteiger partial charge in [-0.3, -0.25) is 4.79 Å². The number of carboxylic acid groups (broad SMARTS) is 1. The van der Waals surface area contributed by atoms with E-state index in [2.05, 4.69) is 10.3 Å². The highest BCUT2D eigenvalue weighted by Crippen LogP contribution is 2.31. The summed E-state index contributed by atoms with van der Waals surface area (Å²) in [5.74, 6) is -0.626. The van der Waals surface area contributed by atoms with Crippen molar-refractivity contribution >= 4 is 29.3 Å². The SMILES string of the molecule is CC(C)Oc1ncc(Cl)cc1NC(=O)N1CCC(C)(C(=O)O)C1. The highest BCUT2D eigenvalue weighted by Gasteiger charge is 2.42. The van der Waals surface area contributed by atoms with Crippen molar-refractivity contribution in [1.82, 2.24) is 9.88 Å². The zero-order valence-corrected chi connectivity index (χ0v) is 14.1. The molecule has 1 aliphatic heterocycles. The predicted octanol–water partition coefficient (Wildman–Crippen LogP) is 2.85. The lowest BCUT2D eigenvalue weighted by molar-refractivity contribution is -0.146. The minimum Gasteiger partial charge on any atom is -0.481 e. The van der Waals surface area contributed by atoms with Crippen LogP contribution in [-0.4, -0.2) is 46.2 Å². The number of pyridine rings is 1. The van der Waals surface area contributed by atoms with Crippen molar-refractivity contribution in [3.63, 3.8) is 0 Å². The first kappa shape index (κ1) is 17.3. The Bertz CT molecular complexity index is 623. The number of nitrogens with zero attached hydrogens (tertiary/aromatic N) is 2. The Morgan fingerprint density at radius 3 is 2.78 bits per heavy atom. The third kappa shape index (κ3) is 4.04. The highest BCUT2D eigenvalue weighted by atomic mass is 35.5. The molecule has 0 radical (unpaired) electrons. The van der Waals surface area contributed by atoms with Gasteiger partial charge in [0.15, 0.2) is 0 Å². The molecule has 2 heterocycles. The Hall–Kier alpha value is -2.02. The van der Waals surface area contributed by atoms with Gasteiger partial charge in [0.2, 0.25) is 5.88 Å². The van der Waals surface area contributed by atoms with Gasteiger partial charge in [-0.1, -0.05) is 11.6 Å². The number of aliphatic carboxylic acids is 1. The Morgan fingerprint density at radius 2 is 2.22 bits per heavy atom. The van der Waals surface area contributed by atoms with E-state index in [4.69, 9.17) is 16.3 Å². The minimum absolute atomic E-state index is 0.110. The lowest BCUT2D eigenvalue weighted by atomic mass is 9.90. The maximum absolute atomic E-state index is 12.4. The fraction of sp³-hybridized carbons (Fsp3) is 0.533. The summed E-state index contributed by atoms with van der Waals surface area (Å²) < 4.78 is 5.55. The number of rotatable bonds is 4. The molecule has 0 bridgehead atoms. The molecule has 0 spiro atoms. The van der Waals surface area contributed by atoms with Gasteiger partial charge in [-0.2, -0.15) is 0 Å². The number of anilines is 1. The van der Waals surface area contributed by atoms with E-state index in [1.54, 1.807) is 13.0 Å². The van der Waals surface area contributed by atoms with E-state index in [0.29, 0.717) is 23.7 Å². The normalized spacial score (nSPS) is 20.7. The van der Waals surface area contributed by atoms with Gasteiger partial charge in [-0.25, -0.2) is 9.78 Å². The molecule has 7 nitrogen and oxygen atoms in total. The van der Waals surface area contributed by atoms with Crippen LogP contribution in [0.5, 0.6) is 5.88 Å². The number of nitrogens with one attached hydrogen (secondary N) is 1. The maximum atomic E-state index is 12.4. The molecule has 0 aromatic carbocycles. The second-order valence-electron chi connectivity index (χ2n) is 6.14. The molecule has 8 heteroatoms. The van der Waals surface area contributed by atoms with Crippen LogP contribution >= 0.6 is 11.6 Å². The van der Waals surface area contributed by atoms with Gasteiger partial charge in [-0.05, 0) is 33.3 Å². The maximum Gasteiger partial charge on any atom is 0.322 e. The van der Waals surface area contributed by atoms with Crippen LogP contribution in [-0.2, 0) is 4.79 Å². The zero-order valence-electron chi connectivity index (χ0n) is 13.3. The van der Waals surface area contributed by atoms with Crippen LogP contribution in [0.4, 0.5) is 10.5 Å². The fourth-order valence-electron chi connectivity index (χ4n) is 2.34. The third-order valence-electron chi connectivity index (χ3n) is 3.68. The van der Waals surface area contributed by atoms with Crippen molar-refractivity contribution in [2.24, 2.45) is 5.41 Å². The standard InChI is InChI=1S/C15H20ClN3O4/c1-9(2)23-12-11(6-10(16)7-17-12)18-14(22)19-5-4-15(3,8-19)13(20)21/h6-7,9H,4-5,8H2,1-3H3,(H,18,22)(H,20,21). The number of carboxylic acids is 1. The topological polar surface area (TPSA) is 91.8 Å². The van der Waals surface area contributed by atoms with Gasteiger partial charge in [-0.15, -0.1) is 0 Å². The van der Waals surface area contributed by atoms with Gasteiger partial charge < -0.3 is 20.1 Å². The number of urea groups is 1. The van der Waals surface area contributed by atoms with E-state index < -0.39 is 17.4 Å². The van der Waals surface area contributed by atoms with E-state index in [1.165, 1.54) is 11.1 Å². The molecule has 0 saturated carbocycles. The quantitative estimate of drug-likeness (QED) is 0.878. The van der Waals surface area contributed by atoms with Crippen molar-refractivity contribution in [3.8, 4) is 5.88 Å². The number of hydrogen-bond donors (Lipinski definition) is 2. The Morgan fingerprint density at radius 1 is 1.52 bits per heavy atom. The molecule has 23 heavy (non-hydrogen) atoms. The van der Waals surface area contributed by atoms with E-state index in [9.17, 15) is 14.7 Å². The number of aromatic nitrogens is 1. The summed E-state index contributed by atoms with van der Waals surface area (Å²) >= 11 is 5.92. The van der Waals surface area contributed by atoms with Crippen molar-refractivity contribution in [2.45, 2.75) is 33.3 Å². The number of amides is 2. The molecule has 2 amide bonds. The smallest absolute Gasteiger partial charge is 0.322 e. The first-order valence-electron chi connectivity index (χ1n) is 7.33. The summed E-state index contributed by atoms with van der Waals surface area (Å²) in [5.41, 5.74) is -0.554. The largest absolute Gasteiger partial charge is 0.481 e. The summed E-state index contributed by atoms with van der Waals surface area (Å²) in [5, 5.41) is 12.3. The summed E-state index contributed by atoms with van der Waals surface area (Å²) in [6.45, 7) is 5.86. The van der Waals surface area contributed by atoms with Crippen molar-refractivity contribution in [1.29, 1.82) is 0 Å². The third-order valence-corrected chi connectivity index (χ3v) is 3.89. The van der Waals surface area contributed by atoms with Crippen LogP contribution in [0.15, 0.2) is 12.3 Å². The number of halogens is 1. The average Bonchev–Trinajstić information content (AvgIpc) is 2.85. The molecule has 2 N–H and O–H groups in total. The Balaban J connectivity index is 2.12. The summed E-state index contributed by atoms with van der Waals surface area (Å²) in [6, 6.07) is 1.16. The minimum atomic E-state index is -0.915. The van der Waals surface area contributed by atoms with E-state index in [-0.39, 0.29) is 18.5 Å². The molecule has 126 valence electrons. The molecule has 1 atom stereocenters. The number of ether oxygens (including phenoxy) is 1. The van der Waals surface area contributed by atoms with E-state index in [1.807, 2.05) is 13.8 Å². The van der Waals surface area contributed by atoms with Gasteiger partial charge in [0.25, 0.3) is 0 Å². The fourth-order valence-corrected chi connectivity index (χ4v) is 2.49. The van der Waals surface area contributed by atoms with Gasteiger partial charge in [0.1, 0.15) is 5.69 Å². The molecule has 1 aromatic rings. The van der Waals surface area contributed by atoms with Gasteiger partial charge in [0.05, 0.1) is 16.5 Å². The highest BCUT2D eigenvalue weighted by molar-refractivity contribution is 6.30. The van der Waals surface area contributed by atoms with E-state index >= 15 is 0 Å². The molecule has 1 saturated heterocycles. The van der Waals surface area contributed by atoms with Gasteiger partial charge >= 0.3 is 12.0 Å². The lowest BCUT2D eigenvalue weighted by Gasteiger charge is -2.21. The van der Waals surface area contributed by atoms with Crippen LogP contribution in [0.25, 0.3) is 0 Å². The first-order chi connectivity index (χ1) is 10.7. The first-order valence-corrected chi connectivity index (χ1v) is 7.70. The summed E-state index contributed by atoms with van der Waals surface area (Å²) in [6.07, 6.45) is 1.74. The summed E-state index contributed by atoms with van der Waals surface area (Å²) in [4.78, 5) is 29.2. The van der Waals surface area contributed by atoms with Crippen LogP contribution in [0.3, 0.4) is 0 Å². The second-order valence-corrected chi connectivity index (χ2v) is 6.58. The Labute approximate surface area is 139 Å². The van der Waals surface area contributed by atoms with Gasteiger partial charge in [0, 0.05) is 19.3 Å². The van der Waals surface area contributed by atoms with Crippen LogP contribution in [0.2, 0.25) is 5.02 Å². The van der Waals surface area contributed by atoms with Crippen LogP contribution in [0.1, 0.15) is 27.2 Å². The number of hydrogen-bond acceptors (Lipinski definition) is 4. The molecular weight excluding hydrogens is 322 g/mol. The van der Waals surface area contributed by atoms with Crippen molar-refractivity contribution < 1.29 is 19.4 Å². The molecule has 1 fully saturated rings. The molecule has 1 unspecified atom stereocenters. The molecule has 2 rings (SSSR count). The summed E-state index contributed by atoms with van der Waals surface area (Å²) in [7, 11) is 0. The van der Waals surface area contributed by atoms with Crippen LogP contribution < -0.4 is 10.1 Å². The second kappa shape index (κ2) is 6.62. The molecule has 1 aromatic heterocycles. The lowest BCUT2D eigenvalue weighted by Crippen LogP contribution is -2.37. The predicted molar refractivity (Wildman–Crippen MR) is 86.0 cm³/mol. The Kier molecular flexibility index (Phi) is 4.99. The van der Waals surface area contributed by atoms with Crippen molar-refractivity contribution in [2.75, 3.05) is 18.4 Å². The zero-order chi connectivity index (χ0) is 17.2. The molecule has 1 aliphatic rings. The number of carbonyl (C=O) groups excluding carboxylic acids is 1. The van der Waals surface area contributed by atoms with Crippen LogP contribution in [0, 0.1) is 5.41 Å². The average molecular weight is 342 g/mol. The monoisotopic (exact) mass is 341 g/mol. The molecular formula is C15H20ClN3O4. The molecule has 0 aliphatic carbocycles. The number of carbonyl (C=O) groups is 2. The van der Waals surface area contributed by atoms with E-state index in [0.717, 1.165) is 0 Å². The van der Waals surface area contributed by atoms with Crippen molar-refractivity contribution in [3.05, 3.63) is 17.3 Å².